The Morgan fingerprint density at radius 1 is 1.22 bits per heavy atom. The van der Waals surface area contributed by atoms with Gasteiger partial charge in [0.05, 0.1) is 6.10 Å². The summed E-state index contributed by atoms with van der Waals surface area (Å²) in [5, 5.41) is 0. The molecule has 3 atom stereocenters. The van der Waals surface area contributed by atoms with Gasteiger partial charge in [0.2, 0.25) is 0 Å². The molecule has 0 bridgehead atoms. The maximum Gasteiger partial charge on any atom is 0.120 e. The minimum absolute atomic E-state index is 0.388. The molecule has 1 aromatic carbocycles. The molecular formula is C16H25NO. The van der Waals surface area contributed by atoms with Crippen LogP contribution in [0, 0.1) is 18.8 Å². The second kappa shape index (κ2) is 5.75. The van der Waals surface area contributed by atoms with Gasteiger partial charge in [-0.1, -0.05) is 19.9 Å². The van der Waals surface area contributed by atoms with Crippen molar-refractivity contribution in [1.29, 1.82) is 0 Å². The fraction of sp³-hybridized carbons (Fsp3) is 0.625. The molecule has 2 nitrogen and oxygen atoms in total. The van der Waals surface area contributed by atoms with Crippen molar-refractivity contribution in [2.24, 2.45) is 17.6 Å². The third-order valence-electron chi connectivity index (χ3n) is 4.39. The summed E-state index contributed by atoms with van der Waals surface area (Å²) in [6.45, 7) is 7.38. The Morgan fingerprint density at radius 3 is 2.61 bits per heavy atom. The topological polar surface area (TPSA) is 35.2 Å². The fourth-order valence-corrected chi connectivity index (χ4v) is 2.77. The first-order valence-electron chi connectivity index (χ1n) is 7.06. The second-order valence-corrected chi connectivity index (χ2v) is 5.80. The van der Waals surface area contributed by atoms with Crippen molar-refractivity contribution in [3.8, 4) is 5.75 Å². The largest absolute Gasteiger partial charge is 0.490 e. The average molecular weight is 247 g/mol. The van der Waals surface area contributed by atoms with Crippen LogP contribution < -0.4 is 10.5 Å². The molecule has 1 aliphatic carbocycles. The number of rotatable bonds is 3. The summed E-state index contributed by atoms with van der Waals surface area (Å²) in [5.41, 5.74) is 8.11. The molecule has 1 fully saturated rings. The molecule has 3 unspecified atom stereocenters. The standard InChI is InChI=1S/C16H25NO/c1-11-4-6-15(8-12(11)2)18-16-7-5-14(10-17)13(3)9-16/h5,7,9,11-12,15H,4,6,8,10,17H2,1-3H3. The minimum Gasteiger partial charge on any atom is -0.490 e. The van der Waals surface area contributed by atoms with Crippen LogP contribution in [0.2, 0.25) is 0 Å². The number of benzene rings is 1. The zero-order chi connectivity index (χ0) is 13.1. The summed E-state index contributed by atoms with van der Waals surface area (Å²) >= 11 is 0. The molecule has 2 rings (SSSR count). The van der Waals surface area contributed by atoms with Crippen molar-refractivity contribution in [3.05, 3.63) is 29.3 Å². The quantitative estimate of drug-likeness (QED) is 0.884. The first kappa shape index (κ1) is 13.4. The van der Waals surface area contributed by atoms with Crippen molar-refractivity contribution in [1.82, 2.24) is 0 Å². The van der Waals surface area contributed by atoms with Crippen LogP contribution in [0.4, 0.5) is 0 Å². The summed E-state index contributed by atoms with van der Waals surface area (Å²) in [5.74, 6) is 2.61. The number of ether oxygens (including phenoxy) is 1. The Kier molecular flexibility index (Phi) is 4.28. The average Bonchev–Trinajstić information content (AvgIpc) is 2.34. The van der Waals surface area contributed by atoms with Gasteiger partial charge >= 0.3 is 0 Å². The van der Waals surface area contributed by atoms with Gasteiger partial charge in [0.15, 0.2) is 0 Å². The van der Waals surface area contributed by atoms with Crippen molar-refractivity contribution in [2.45, 2.75) is 52.7 Å². The molecule has 18 heavy (non-hydrogen) atoms. The molecule has 0 aromatic heterocycles. The number of hydrogen-bond donors (Lipinski definition) is 1. The van der Waals surface area contributed by atoms with E-state index in [-0.39, 0.29) is 0 Å². The van der Waals surface area contributed by atoms with Crippen LogP contribution in [0.15, 0.2) is 18.2 Å². The van der Waals surface area contributed by atoms with Crippen LogP contribution in [0.3, 0.4) is 0 Å². The molecule has 0 spiro atoms. The van der Waals surface area contributed by atoms with E-state index >= 15 is 0 Å². The summed E-state index contributed by atoms with van der Waals surface area (Å²) in [6.07, 6.45) is 4.03. The highest BCUT2D eigenvalue weighted by Gasteiger charge is 2.25. The summed E-state index contributed by atoms with van der Waals surface area (Å²) in [6, 6.07) is 6.25. The van der Waals surface area contributed by atoms with E-state index in [9.17, 15) is 0 Å². The van der Waals surface area contributed by atoms with Crippen LogP contribution in [0.1, 0.15) is 44.2 Å². The Morgan fingerprint density at radius 2 is 2.00 bits per heavy atom. The van der Waals surface area contributed by atoms with E-state index in [1.807, 2.05) is 0 Å². The lowest BCUT2D eigenvalue weighted by Crippen LogP contribution is -2.28. The molecular weight excluding hydrogens is 222 g/mol. The molecule has 2 heteroatoms. The van der Waals surface area contributed by atoms with E-state index in [1.54, 1.807) is 0 Å². The Labute approximate surface area is 111 Å². The molecule has 0 radical (unpaired) electrons. The van der Waals surface area contributed by atoms with Crippen LogP contribution in [-0.4, -0.2) is 6.10 Å². The van der Waals surface area contributed by atoms with Crippen LogP contribution >= 0.6 is 0 Å². The highest BCUT2D eigenvalue weighted by molar-refractivity contribution is 5.34. The normalized spacial score (nSPS) is 28.1. The summed E-state index contributed by atoms with van der Waals surface area (Å²) < 4.78 is 6.11. The fourth-order valence-electron chi connectivity index (χ4n) is 2.77. The van der Waals surface area contributed by atoms with Gasteiger partial charge < -0.3 is 10.5 Å². The van der Waals surface area contributed by atoms with Crippen molar-refractivity contribution < 1.29 is 4.74 Å². The predicted octanol–water partition coefficient (Wildman–Crippen LogP) is 3.66. The van der Waals surface area contributed by atoms with Gasteiger partial charge in [-0.3, -0.25) is 0 Å². The lowest BCUT2D eigenvalue weighted by Gasteiger charge is -2.32. The molecule has 0 aliphatic heterocycles. The molecule has 100 valence electrons. The maximum absolute atomic E-state index is 6.11. The SMILES string of the molecule is Cc1cc(OC2CCC(C)C(C)C2)ccc1CN. The Bertz CT molecular complexity index is 402. The van der Waals surface area contributed by atoms with Gasteiger partial charge in [0.25, 0.3) is 0 Å². The van der Waals surface area contributed by atoms with Gasteiger partial charge in [-0.25, -0.2) is 0 Å². The van der Waals surface area contributed by atoms with Gasteiger partial charge in [-0.05, 0) is 61.3 Å². The van der Waals surface area contributed by atoms with Gasteiger partial charge in [0.1, 0.15) is 5.75 Å². The van der Waals surface area contributed by atoms with E-state index in [2.05, 4.69) is 39.0 Å². The Balaban J connectivity index is 1.99. The number of hydrogen-bond acceptors (Lipinski definition) is 2. The van der Waals surface area contributed by atoms with Crippen LogP contribution in [0.5, 0.6) is 5.75 Å². The smallest absolute Gasteiger partial charge is 0.120 e. The maximum atomic E-state index is 6.11. The molecule has 1 aromatic rings. The molecule has 2 N–H and O–H groups in total. The van der Waals surface area contributed by atoms with E-state index in [0.29, 0.717) is 12.6 Å². The van der Waals surface area contributed by atoms with E-state index < -0.39 is 0 Å². The predicted molar refractivity (Wildman–Crippen MR) is 75.7 cm³/mol. The lowest BCUT2D eigenvalue weighted by molar-refractivity contribution is 0.101. The minimum atomic E-state index is 0.388. The summed E-state index contributed by atoms with van der Waals surface area (Å²) in [7, 11) is 0. The monoisotopic (exact) mass is 247 g/mol. The highest BCUT2D eigenvalue weighted by Crippen LogP contribution is 2.32. The van der Waals surface area contributed by atoms with Crippen molar-refractivity contribution in [2.75, 3.05) is 0 Å². The highest BCUT2D eigenvalue weighted by atomic mass is 16.5. The number of nitrogens with two attached hydrogens (primary N) is 1. The molecule has 0 saturated heterocycles. The third-order valence-corrected chi connectivity index (χ3v) is 4.39. The zero-order valence-electron chi connectivity index (χ0n) is 11.8. The Hall–Kier alpha value is -1.02. The second-order valence-electron chi connectivity index (χ2n) is 5.80. The zero-order valence-corrected chi connectivity index (χ0v) is 11.8. The van der Waals surface area contributed by atoms with Crippen molar-refractivity contribution in [3.63, 3.8) is 0 Å². The molecule has 0 heterocycles. The number of aryl methyl sites for hydroxylation is 1. The molecule has 0 amide bonds. The first-order valence-corrected chi connectivity index (χ1v) is 7.06. The van der Waals surface area contributed by atoms with Crippen LogP contribution in [-0.2, 0) is 6.54 Å². The molecule has 1 aliphatic rings. The first-order chi connectivity index (χ1) is 8.60. The van der Waals surface area contributed by atoms with E-state index in [0.717, 1.165) is 17.6 Å². The van der Waals surface area contributed by atoms with E-state index in [1.165, 1.54) is 30.4 Å². The van der Waals surface area contributed by atoms with E-state index in [4.69, 9.17) is 10.5 Å². The third kappa shape index (κ3) is 3.05. The van der Waals surface area contributed by atoms with Crippen molar-refractivity contribution >= 4 is 0 Å². The van der Waals surface area contributed by atoms with Crippen LogP contribution in [0.25, 0.3) is 0 Å². The lowest BCUT2D eigenvalue weighted by atomic mass is 9.80. The molecule has 1 saturated carbocycles. The summed E-state index contributed by atoms with van der Waals surface area (Å²) in [4.78, 5) is 0. The van der Waals surface area contributed by atoms with Gasteiger partial charge in [0, 0.05) is 6.54 Å². The van der Waals surface area contributed by atoms with Gasteiger partial charge in [-0.2, -0.15) is 0 Å². The van der Waals surface area contributed by atoms with Gasteiger partial charge in [-0.15, -0.1) is 0 Å².